The lowest BCUT2D eigenvalue weighted by Crippen LogP contribution is -2.07. The van der Waals surface area contributed by atoms with Crippen LogP contribution in [-0.2, 0) is 0 Å². The molecule has 0 aliphatic rings. The van der Waals surface area contributed by atoms with Crippen molar-refractivity contribution in [1.29, 1.82) is 0 Å². The highest BCUT2D eigenvalue weighted by Crippen LogP contribution is 2.27. The Morgan fingerprint density at radius 3 is 2.63 bits per heavy atom. The number of nitrogens with one attached hydrogen (secondary N) is 2. The van der Waals surface area contributed by atoms with Crippen LogP contribution in [0.4, 0.5) is 11.4 Å². The molecule has 0 radical (unpaired) electrons. The van der Waals surface area contributed by atoms with Crippen molar-refractivity contribution in [3.05, 3.63) is 34.0 Å². The second-order valence-electron chi connectivity index (χ2n) is 4.54. The van der Waals surface area contributed by atoms with Gasteiger partial charge in [0.2, 0.25) is 0 Å². The van der Waals surface area contributed by atoms with Crippen LogP contribution in [0.1, 0.15) is 35.5 Å². The highest BCUT2D eigenvalue weighted by atomic mass is 32.1. The van der Waals surface area contributed by atoms with E-state index in [2.05, 4.69) is 47.4 Å². The van der Waals surface area contributed by atoms with E-state index in [0.29, 0.717) is 0 Å². The third kappa shape index (κ3) is 3.44. The molecule has 0 bridgehead atoms. The van der Waals surface area contributed by atoms with E-state index >= 15 is 0 Å². The van der Waals surface area contributed by atoms with Crippen molar-refractivity contribution in [2.45, 2.75) is 33.7 Å². The van der Waals surface area contributed by atoms with Crippen LogP contribution in [0.3, 0.4) is 0 Å². The molecule has 0 fully saturated rings. The van der Waals surface area contributed by atoms with Gasteiger partial charge in [-0.3, -0.25) is 4.98 Å². The monoisotopic (exact) mass is 276 g/mol. The van der Waals surface area contributed by atoms with E-state index in [-0.39, 0.29) is 6.04 Å². The van der Waals surface area contributed by atoms with Gasteiger partial charge in [0, 0.05) is 11.4 Å². The first-order valence-electron chi connectivity index (χ1n) is 6.49. The molecule has 2 heterocycles. The standard InChI is InChI=1S/C14H20N4S/c1-5-16-12-6-13(8-15-7-12)18-10(3)14-9(2)17-11(4)19-14/h6-8,10,16,18H,5H2,1-4H3. The normalized spacial score (nSPS) is 12.2. The van der Waals surface area contributed by atoms with Crippen LogP contribution in [0.2, 0.25) is 0 Å². The summed E-state index contributed by atoms with van der Waals surface area (Å²) in [6.07, 6.45) is 3.68. The Bertz CT molecular complexity index is 550. The van der Waals surface area contributed by atoms with E-state index in [1.54, 1.807) is 11.3 Å². The quantitative estimate of drug-likeness (QED) is 0.873. The molecule has 1 atom stereocenters. The molecular formula is C14H20N4S. The molecule has 2 N–H and O–H groups in total. The molecule has 0 saturated heterocycles. The first-order valence-corrected chi connectivity index (χ1v) is 7.31. The number of pyridine rings is 1. The van der Waals surface area contributed by atoms with Gasteiger partial charge in [0.05, 0.1) is 40.5 Å². The summed E-state index contributed by atoms with van der Waals surface area (Å²) in [6.45, 7) is 9.23. The summed E-state index contributed by atoms with van der Waals surface area (Å²) < 4.78 is 0. The molecule has 2 rings (SSSR count). The van der Waals surface area contributed by atoms with Gasteiger partial charge in [-0.2, -0.15) is 0 Å². The second kappa shape index (κ2) is 6.02. The third-order valence-electron chi connectivity index (χ3n) is 2.84. The summed E-state index contributed by atoms with van der Waals surface area (Å²) in [4.78, 5) is 10.00. The van der Waals surface area contributed by atoms with Crippen molar-refractivity contribution < 1.29 is 0 Å². The molecule has 0 amide bonds. The van der Waals surface area contributed by atoms with Crippen LogP contribution in [0.15, 0.2) is 18.5 Å². The van der Waals surface area contributed by atoms with Crippen LogP contribution in [0, 0.1) is 13.8 Å². The predicted octanol–water partition coefficient (Wildman–Crippen LogP) is 3.76. The zero-order valence-corrected chi connectivity index (χ0v) is 12.6. The number of nitrogens with zero attached hydrogens (tertiary/aromatic N) is 2. The molecule has 19 heavy (non-hydrogen) atoms. The molecular weight excluding hydrogens is 256 g/mol. The number of thiazole rings is 1. The van der Waals surface area contributed by atoms with Crippen molar-refractivity contribution in [2.24, 2.45) is 0 Å². The predicted molar refractivity (Wildman–Crippen MR) is 82.0 cm³/mol. The Hall–Kier alpha value is -1.62. The minimum atomic E-state index is 0.241. The molecule has 2 aromatic rings. The lowest BCUT2D eigenvalue weighted by atomic mass is 10.2. The minimum absolute atomic E-state index is 0.241. The topological polar surface area (TPSA) is 49.8 Å². The zero-order chi connectivity index (χ0) is 13.8. The maximum absolute atomic E-state index is 4.47. The lowest BCUT2D eigenvalue weighted by molar-refractivity contribution is 0.888. The average Bonchev–Trinajstić information content (AvgIpc) is 2.69. The Kier molecular flexibility index (Phi) is 4.37. The highest BCUT2D eigenvalue weighted by Gasteiger charge is 2.12. The van der Waals surface area contributed by atoms with E-state index in [1.165, 1.54) is 4.88 Å². The summed E-state index contributed by atoms with van der Waals surface area (Å²) in [5.41, 5.74) is 3.17. The van der Waals surface area contributed by atoms with Gasteiger partial charge in [0.1, 0.15) is 0 Å². The Balaban J connectivity index is 2.12. The zero-order valence-electron chi connectivity index (χ0n) is 11.8. The molecule has 0 aromatic carbocycles. The summed E-state index contributed by atoms with van der Waals surface area (Å²) >= 11 is 1.75. The van der Waals surface area contributed by atoms with Gasteiger partial charge in [-0.1, -0.05) is 0 Å². The molecule has 102 valence electrons. The van der Waals surface area contributed by atoms with Crippen LogP contribution < -0.4 is 10.6 Å². The second-order valence-corrected chi connectivity index (χ2v) is 5.78. The van der Waals surface area contributed by atoms with E-state index in [0.717, 1.165) is 28.6 Å². The van der Waals surface area contributed by atoms with Gasteiger partial charge in [-0.15, -0.1) is 11.3 Å². The maximum Gasteiger partial charge on any atom is 0.0900 e. The first kappa shape index (κ1) is 13.8. The fraction of sp³-hybridized carbons (Fsp3) is 0.429. The van der Waals surface area contributed by atoms with Crippen molar-refractivity contribution in [1.82, 2.24) is 9.97 Å². The summed E-state index contributed by atoms with van der Waals surface area (Å²) in [5.74, 6) is 0. The SMILES string of the molecule is CCNc1cncc(NC(C)c2sc(C)nc2C)c1. The molecule has 0 aliphatic carbocycles. The van der Waals surface area contributed by atoms with E-state index < -0.39 is 0 Å². The van der Waals surface area contributed by atoms with E-state index in [4.69, 9.17) is 0 Å². The molecule has 0 spiro atoms. The Labute approximate surface area is 118 Å². The van der Waals surface area contributed by atoms with Gasteiger partial charge in [0.25, 0.3) is 0 Å². The molecule has 2 aromatic heterocycles. The third-order valence-corrected chi connectivity index (χ3v) is 4.09. The minimum Gasteiger partial charge on any atom is -0.384 e. The number of aromatic nitrogens is 2. The summed E-state index contributed by atoms with van der Waals surface area (Å²) in [6, 6.07) is 2.32. The molecule has 1 unspecified atom stereocenters. The maximum atomic E-state index is 4.47. The largest absolute Gasteiger partial charge is 0.384 e. The Morgan fingerprint density at radius 1 is 1.26 bits per heavy atom. The Morgan fingerprint density at radius 2 is 2.00 bits per heavy atom. The molecule has 0 saturated carbocycles. The molecule has 0 aliphatic heterocycles. The number of aryl methyl sites for hydroxylation is 2. The number of hydrogen-bond donors (Lipinski definition) is 2. The number of rotatable bonds is 5. The van der Waals surface area contributed by atoms with Crippen molar-refractivity contribution in [2.75, 3.05) is 17.2 Å². The van der Waals surface area contributed by atoms with Gasteiger partial charge in [0.15, 0.2) is 0 Å². The van der Waals surface area contributed by atoms with Crippen molar-refractivity contribution in [3.8, 4) is 0 Å². The summed E-state index contributed by atoms with van der Waals surface area (Å²) in [5, 5.41) is 7.85. The van der Waals surface area contributed by atoms with Crippen molar-refractivity contribution >= 4 is 22.7 Å². The highest BCUT2D eigenvalue weighted by molar-refractivity contribution is 7.11. The van der Waals surface area contributed by atoms with Crippen LogP contribution >= 0.6 is 11.3 Å². The van der Waals surface area contributed by atoms with Gasteiger partial charge < -0.3 is 10.6 Å². The van der Waals surface area contributed by atoms with Gasteiger partial charge in [-0.05, 0) is 33.8 Å². The average molecular weight is 276 g/mol. The molecule has 4 nitrogen and oxygen atoms in total. The van der Waals surface area contributed by atoms with E-state index in [1.807, 2.05) is 19.3 Å². The van der Waals surface area contributed by atoms with Gasteiger partial charge >= 0.3 is 0 Å². The fourth-order valence-corrected chi connectivity index (χ4v) is 3.01. The lowest BCUT2D eigenvalue weighted by Gasteiger charge is -2.15. The van der Waals surface area contributed by atoms with E-state index in [9.17, 15) is 0 Å². The van der Waals surface area contributed by atoms with Crippen LogP contribution in [0.5, 0.6) is 0 Å². The smallest absolute Gasteiger partial charge is 0.0900 e. The molecule has 5 heteroatoms. The first-order chi connectivity index (χ1) is 9.10. The summed E-state index contributed by atoms with van der Waals surface area (Å²) in [7, 11) is 0. The number of hydrogen-bond acceptors (Lipinski definition) is 5. The van der Waals surface area contributed by atoms with Gasteiger partial charge in [-0.25, -0.2) is 4.98 Å². The fourth-order valence-electron chi connectivity index (χ4n) is 2.08. The van der Waals surface area contributed by atoms with Crippen LogP contribution in [-0.4, -0.2) is 16.5 Å². The van der Waals surface area contributed by atoms with Crippen molar-refractivity contribution in [3.63, 3.8) is 0 Å². The van der Waals surface area contributed by atoms with Crippen LogP contribution in [0.25, 0.3) is 0 Å². The number of anilines is 2.